The maximum Gasteiger partial charge on any atom is 0.325 e. The summed E-state index contributed by atoms with van der Waals surface area (Å²) in [4.78, 5) is 25.9. The quantitative estimate of drug-likeness (QED) is 0.549. The van der Waals surface area contributed by atoms with Gasteiger partial charge in [-0.25, -0.2) is 4.79 Å². The molecule has 27 heavy (non-hydrogen) atoms. The zero-order valence-corrected chi connectivity index (χ0v) is 15.1. The minimum absolute atomic E-state index is 0.0529. The molecule has 1 saturated heterocycles. The van der Waals surface area contributed by atoms with E-state index in [9.17, 15) is 14.7 Å². The van der Waals surface area contributed by atoms with Gasteiger partial charge in [0.25, 0.3) is 5.91 Å². The van der Waals surface area contributed by atoms with Crippen LogP contribution in [0.2, 0.25) is 0 Å². The Hall–Kier alpha value is -3.06. The molecule has 0 bridgehead atoms. The van der Waals surface area contributed by atoms with Gasteiger partial charge in [-0.15, -0.1) is 6.58 Å². The summed E-state index contributed by atoms with van der Waals surface area (Å²) in [7, 11) is 0. The van der Waals surface area contributed by atoms with Gasteiger partial charge in [0.15, 0.2) is 5.54 Å². The van der Waals surface area contributed by atoms with E-state index in [0.29, 0.717) is 17.9 Å². The van der Waals surface area contributed by atoms with Gasteiger partial charge in [0.05, 0.1) is 12.8 Å². The molecule has 2 atom stereocenters. The summed E-state index contributed by atoms with van der Waals surface area (Å²) in [6.45, 7) is 5.05. The number of urea groups is 1. The summed E-state index contributed by atoms with van der Waals surface area (Å²) in [5.41, 5.74) is -0.336. The second-order valence-electron chi connectivity index (χ2n) is 6.51. The number of hydrogen-bond donors (Lipinski definition) is 2. The first kappa shape index (κ1) is 18.7. The van der Waals surface area contributed by atoms with Crippen molar-refractivity contribution in [2.24, 2.45) is 0 Å². The molecule has 1 aliphatic rings. The highest BCUT2D eigenvalue weighted by atomic mass is 16.5. The van der Waals surface area contributed by atoms with Gasteiger partial charge in [-0.2, -0.15) is 0 Å². The van der Waals surface area contributed by atoms with E-state index in [2.05, 4.69) is 11.9 Å². The molecule has 0 aliphatic carbocycles. The molecule has 1 aromatic carbocycles. The molecule has 142 valence electrons. The number of nitrogens with one attached hydrogen (secondary N) is 1. The highest BCUT2D eigenvalue weighted by Crippen LogP contribution is 2.29. The zero-order chi connectivity index (χ0) is 19.4. The highest BCUT2D eigenvalue weighted by molar-refractivity contribution is 6.06. The second-order valence-corrected chi connectivity index (χ2v) is 6.51. The second kappa shape index (κ2) is 7.67. The van der Waals surface area contributed by atoms with Gasteiger partial charge in [-0.05, 0) is 37.1 Å². The van der Waals surface area contributed by atoms with Crippen molar-refractivity contribution < 1.29 is 23.8 Å². The number of allylic oxidation sites excluding steroid dienone is 1. The van der Waals surface area contributed by atoms with E-state index >= 15 is 0 Å². The topological polar surface area (TPSA) is 92.0 Å². The first-order chi connectivity index (χ1) is 13.0. The molecule has 1 fully saturated rings. The summed E-state index contributed by atoms with van der Waals surface area (Å²) in [6.07, 6.45) is 2.81. The number of amides is 3. The Morgan fingerprint density at radius 1 is 1.33 bits per heavy atom. The number of aliphatic hydroxyl groups excluding tert-OH is 1. The van der Waals surface area contributed by atoms with Crippen molar-refractivity contribution in [3.63, 3.8) is 0 Å². The van der Waals surface area contributed by atoms with Gasteiger partial charge in [-0.1, -0.05) is 24.3 Å². The van der Waals surface area contributed by atoms with Crippen LogP contribution >= 0.6 is 0 Å². The Bertz CT molecular complexity index is 833. The van der Waals surface area contributed by atoms with Crippen LogP contribution in [-0.4, -0.2) is 41.2 Å². The lowest BCUT2D eigenvalue weighted by atomic mass is 9.99. The van der Waals surface area contributed by atoms with Crippen LogP contribution in [-0.2, 0) is 16.8 Å². The van der Waals surface area contributed by atoms with Crippen LogP contribution in [0.1, 0.15) is 18.2 Å². The van der Waals surface area contributed by atoms with Crippen molar-refractivity contribution in [2.75, 3.05) is 13.2 Å². The van der Waals surface area contributed by atoms with E-state index < -0.39 is 23.6 Å². The van der Waals surface area contributed by atoms with E-state index in [1.54, 1.807) is 31.2 Å². The molecule has 2 N–H and O–H groups in total. The fraction of sp³-hybridized carbons (Fsp3) is 0.300. The summed E-state index contributed by atoms with van der Waals surface area (Å²) < 4.78 is 10.9. The molecule has 1 aliphatic heterocycles. The molecule has 3 rings (SSSR count). The van der Waals surface area contributed by atoms with Crippen molar-refractivity contribution in [1.82, 2.24) is 10.2 Å². The lowest BCUT2D eigenvalue weighted by molar-refractivity contribution is -0.132. The molecule has 3 amide bonds. The van der Waals surface area contributed by atoms with Crippen molar-refractivity contribution in [3.8, 4) is 5.75 Å². The monoisotopic (exact) mass is 370 g/mol. The van der Waals surface area contributed by atoms with E-state index in [4.69, 9.17) is 9.15 Å². The molecule has 7 nitrogen and oxygen atoms in total. The highest BCUT2D eigenvalue weighted by Gasteiger charge is 2.51. The Kier molecular flexibility index (Phi) is 5.32. The summed E-state index contributed by atoms with van der Waals surface area (Å²) in [6, 6.07) is 10.1. The smallest absolute Gasteiger partial charge is 0.325 e. The lowest BCUT2D eigenvalue weighted by Gasteiger charge is -2.21. The number of ether oxygens (including phenoxy) is 1. The average molecular weight is 370 g/mol. The van der Waals surface area contributed by atoms with Gasteiger partial charge in [0.2, 0.25) is 0 Å². The molecule has 2 heterocycles. The Morgan fingerprint density at radius 2 is 2.11 bits per heavy atom. The van der Waals surface area contributed by atoms with Crippen LogP contribution in [0.15, 0.2) is 59.7 Å². The number of nitrogens with zero attached hydrogens (tertiary/aromatic N) is 1. The van der Waals surface area contributed by atoms with Gasteiger partial charge >= 0.3 is 6.03 Å². The van der Waals surface area contributed by atoms with Crippen molar-refractivity contribution in [3.05, 3.63) is 66.6 Å². The van der Waals surface area contributed by atoms with Crippen LogP contribution in [0.3, 0.4) is 0 Å². The van der Waals surface area contributed by atoms with Crippen molar-refractivity contribution in [2.45, 2.75) is 25.0 Å². The minimum atomic E-state index is -1.28. The third-order valence-electron chi connectivity index (χ3n) is 4.45. The minimum Gasteiger partial charge on any atom is -0.491 e. The Morgan fingerprint density at radius 3 is 2.81 bits per heavy atom. The SMILES string of the molecule is C=CCc1ccccc1OCC(O)CN1C(=O)NC(C)(c2ccco2)C1=O. The normalized spacial score (nSPS) is 20.4. The van der Waals surface area contributed by atoms with Crippen LogP contribution in [0.4, 0.5) is 4.79 Å². The number of para-hydroxylation sites is 1. The standard InChI is InChI=1S/C20H22N2O5/c1-3-7-14-8-4-5-9-16(14)27-13-15(23)12-22-18(24)20(2,21-19(22)25)17-10-6-11-26-17/h3-6,8-11,15,23H,1,7,12-13H2,2H3,(H,21,25). The summed E-state index contributed by atoms with van der Waals surface area (Å²) in [5, 5.41) is 12.9. The van der Waals surface area contributed by atoms with Gasteiger partial charge in [-0.3, -0.25) is 9.69 Å². The number of β-amino-alcohol motifs (C(OH)–C–C–N with tert-alkyl or cyclic N) is 1. The zero-order valence-electron chi connectivity index (χ0n) is 15.1. The molecule has 2 aromatic rings. The maximum atomic E-state index is 12.7. The van der Waals surface area contributed by atoms with Crippen LogP contribution in [0.5, 0.6) is 5.75 Å². The molecule has 2 unspecified atom stereocenters. The van der Waals surface area contributed by atoms with Gasteiger partial charge < -0.3 is 19.6 Å². The van der Waals surface area contributed by atoms with E-state index in [1.165, 1.54) is 6.26 Å². The van der Waals surface area contributed by atoms with Crippen molar-refractivity contribution in [1.29, 1.82) is 0 Å². The lowest BCUT2D eigenvalue weighted by Crippen LogP contribution is -2.42. The number of carbonyl (C=O) groups is 2. The van der Waals surface area contributed by atoms with E-state index in [1.807, 2.05) is 18.2 Å². The fourth-order valence-corrected chi connectivity index (χ4v) is 3.01. The first-order valence-electron chi connectivity index (χ1n) is 8.63. The molecular formula is C20H22N2O5. The summed E-state index contributed by atoms with van der Waals surface area (Å²) >= 11 is 0. The number of carbonyl (C=O) groups excluding carboxylic acids is 2. The van der Waals surface area contributed by atoms with Crippen LogP contribution < -0.4 is 10.1 Å². The predicted molar refractivity (Wildman–Crippen MR) is 98.1 cm³/mol. The number of rotatable bonds is 8. The van der Waals surface area contributed by atoms with Crippen molar-refractivity contribution >= 4 is 11.9 Å². The molecule has 0 spiro atoms. The van der Waals surface area contributed by atoms with Gasteiger partial charge in [0, 0.05) is 0 Å². The number of benzene rings is 1. The molecule has 7 heteroatoms. The van der Waals surface area contributed by atoms with Gasteiger partial charge in [0.1, 0.15) is 24.2 Å². The third kappa shape index (κ3) is 3.73. The third-order valence-corrected chi connectivity index (χ3v) is 4.45. The Labute approximate surface area is 157 Å². The Balaban J connectivity index is 1.63. The van der Waals surface area contributed by atoms with Crippen LogP contribution in [0, 0.1) is 0 Å². The van der Waals surface area contributed by atoms with Crippen LogP contribution in [0.25, 0.3) is 0 Å². The number of furan rings is 1. The molecule has 0 radical (unpaired) electrons. The largest absolute Gasteiger partial charge is 0.491 e. The average Bonchev–Trinajstić information content (AvgIpc) is 3.26. The molecule has 0 saturated carbocycles. The number of hydrogen-bond acceptors (Lipinski definition) is 5. The fourth-order valence-electron chi connectivity index (χ4n) is 3.01. The summed E-state index contributed by atoms with van der Waals surface area (Å²) in [5.74, 6) is 0.495. The molecule has 1 aromatic heterocycles. The predicted octanol–water partition coefficient (Wildman–Crippen LogP) is 2.21. The van der Waals surface area contributed by atoms with E-state index in [-0.39, 0.29) is 13.2 Å². The number of aliphatic hydroxyl groups is 1. The maximum absolute atomic E-state index is 12.7. The van der Waals surface area contributed by atoms with E-state index in [0.717, 1.165) is 10.5 Å². The number of imide groups is 1. The first-order valence-corrected chi connectivity index (χ1v) is 8.63. The molecular weight excluding hydrogens is 348 g/mol.